The molecule has 5 heteroatoms. The SMILES string of the molecule is CNCc1sc(N(C)CCCN(C)C)nc1C. The van der Waals surface area contributed by atoms with Crippen LogP contribution in [0.15, 0.2) is 0 Å². The van der Waals surface area contributed by atoms with Crippen molar-refractivity contribution in [2.24, 2.45) is 0 Å². The fraction of sp³-hybridized carbons (Fsp3) is 0.750. The summed E-state index contributed by atoms with van der Waals surface area (Å²) >= 11 is 1.79. The third-order valence-electron chi connectivity index (χ3n) is 2.64. The van der Waals surface area contributed by atoms with E-state index in [1.807, 2.05) is 7.05 Å². The molecule has 0 unspecified atom stereocenters. The minimum Gasteiger partial charge on any atom is -0.351 e. The summed E-state index contributed by atoms with van der Waals surface area (Å²) < 4.78 is 0. The first kappa shape index (κ1) is 14.4. The van der Waals surface area contributed by atoms with Gasteiger partial charge in [0.25, 0.3) is 0 Å². The van der Waals surface area contributed by atoms with Gasteiger partial charge < -0.3 is 15.1 Å². The molecule has 0 aliphatic carbocycles. The van der Waals surface area contributed by atoms with Crippen LogP contribution in [-0.2, 0) is 6.54 Å². The molecule has 1 aromatic rings. The lowest BCUT2D eigenvalue weighted by atomic mass is 10.4. The summed E-state index contributed by atoms with van der Waals surface area (Å²) in [6, 6.07) is 0. The van der Waals surface area contributed by atoms with E-state index < -0.39 is 0 Å². The molecule has 0 amide bonds. The van der Waals surface area contributed by atoms with Gasteiger partial charge in [0.1, 0.15) is 0 Å². The monoisotopic (exact) mass is 256 g/mol. The Kier molecular flexibility index (Phi) is 5.88. The van der Waals surface area contributed by atoms with Crippen LogP contribution in [0.1, 0.15) is 17.0 Å². The second-order valence-electron chi connectivity index (χ2n) is 4.61. The van der Waals surface area contributed by atoms with Crippen LogP contribution in [0, 0.1) is 6.92 Å². The maximum absolute atomic E-state index is 4.62. The average Bonchev–Trinajstić information content (AvgIpc) is 2.60. The molecule has 0 radical (unpaired) electrons. The third kappa shape index (κ3) is 4.61. The van der Waals surface area contributed by atoms with E-state index in [2.05, 4.69) is 48.2 Å². The molecule has 0 aliphatic heterocycles. The van der Waals surface area contributed by atoms with Crippen molar-refractivity contribution >= 4 is 16.5 Å². The molecule has 0 atom stereocenters. The topological polar surface area (TPSA) is 31.4 Å². The van der Waals surface area contributed by atoms with Crippen LogP contribution in [0.25, 0.3) is 0 Å². The van der Waals surface area contributed by atoms with E-state index >= 15 is 0 Å². The molecule has 1 aromatic heterocycles. The van der Waals surface area contributed by atoms with Crippen molar-refractivity contribution in [3.8, 4) is 0 Å². The molecule has 1 heterocycles. The molecule has 17 heavy (non-hydrogen) atoms. The first-order valence-electron chi connectivity index (χ1n) is 6.01. The molecular weight excluding hydrogens is 232 g/mol. The number of aryl methyl sites for hydroxylation is 1. The lowest BCUT2D eigenvalue weighted by Crippen LogP contribution is -2.23. The van der Waals surface area contributed by atoms with E-state index in [9.17, 15) is 0 Å². The van der Waals surface area contributed by atoms with Crippen molar-refractivity contribution in [1.82, 2.24) is 15.2 Å². The van der Waals surface area contributed by atoms with Gasteiger partial charge in [0.05, 0.1) is 5.69 Å². The standard InChI is InChI=1S/C12H24N4S/c1-10-11(9-13-2)17-12(14-10)16(5)8-6-7-15(3)4/h13H,6-9H2,1-5H3. The van der Waals surface area contributed by atoms with Crippen LogP contribution in [-0.4, -0.2) is 51.2 Å². The molecule has 0 fully saturated rings. The molecule has 0 aromatic carbocycles. The van der Waals surface area contributed by atoms with Crippen LogP contribution in [0.5, 0.6) is 0 Å². The fourth-order valence-corrected chi connectivity index (χ4v) is 2.68. The Labute approximate surface area is 109 Å². The van der Waals surface area contributed by atoms with E-state index in [-0.39, 0.29) is 0 Å². The molecule has 0 spiro atoms. The normalized spacial score (nSPS) is 11.2. The smallest absolute Gasteiger partial charge is 0.185 e. The number of rotatable bonds is 7. The first-order chi connectivity index (χ1) is 8.04. The predicted octanol–water partition coefficient (Wildman–Crippen LogP) is 1.56. The van der Waals surface area contributed by atoms with Gasteiger partial charge in [-0.2, -0.15) is 0 Å². The largest absolute Gasteiger partial charge is 0.351 e. The van der Waals surface area contributed by atoms with Gasteiger partial charge in [-0.05, 0) is 41.0 Å². The Hall–Kier alpha value is -0.650. The number of nitrogens with one attached hydrogen (secondary N) is 1. The Morgan fingerprint density at radius 1 is 1.24 bits per heavy atom. The van der Waals surface area contributed by atoms with Crippen LogP contribution >= 0.6 is 11.3 Å². The number of nitrogens with zero attached hydrogens (tertiary/aromatic N) is 3. The van der Waals surface area contributed by atoms with Gasteiger partial charge in [-0.1, -0.05) is 0 Å². The molecule has 98 valence electrons. The number of hydrogen-bond donors (Lipinski definition) is 1. The molecule has 1 N–H and O–H groups in total. The molecule has 0 aliphatic rings. The quantitative estimate of drug-likeness (QED) is 0.802. The Bertz CT molecular complexity index is 335. The van der Waals surface area contributed by atoms with Crippen molar-refractivity contribution in [3.63, 3.8) is 0 Å². The molecule has 0 bridgehead atoms. The van der Waals surface area contributed by atoms with Gasteiger partial charge in [0, 0.05) is 25.0 Å². The zero-order chi connectivity index (χ0) is 12.8. The highest BCUT2D eigenvalue weighted by molar-refractivity contribution is 7.15. The van der Waals surface area contributed by atoms with Gasteiger partial charge in [0.15, 0.2) is 5.13 Å². The van der Waals surface area contributed by atoms with Crippen LogP contribution < -0.4 is 10.2 Å². The summed E-state index contributed by atoms with van der Waals surface area (Å²) in [6.07, 6.45) is 1.17. The Morgan fingerprint density at radius 3 is 2.53 bits per heavy atom. The molecule has 0 saturated heterocycles. The first-order valence-corrected chi connectivity index (χ1v) is 6.83. The van der Waals surface area contributed by atoms with Crippen molar-refractivity contribution in [2.75, 3.05) is 46.2 Å². The second kappa shape index (κ2) is 6.93. The molecule has 0 saturated carbocycles. The van der Waals surface area contributed by atoms with Crippen molar-refractivity contribution in [1.29, 1.82) is 0 Å². The van der Waals surface area contributed by atoms with Gasteiger partial charge in [-0.3, -0.25) is 0 Å². The number of anilines is 1. The summed E-state index contributed by atoms with van der Waals surface area (Å²) in [4.78, 5) is 10.4. The van der Waals surface area contributed by atoms with Gasteiger partial charge in [0.2, 0.25) is 0 Å². The molecule has 1 rings (SSSR count). The van der Waals surface area contributed by atoms with E-state index in [0.717, 1.165) is 30.5 Å². The number of aromatic nitrogens is 1. The summed E-state index contributed by atoms with van der Waals surface area (Å²) in [5.41, 5.74) is 1.15. The van der Waals surface area contributed by atoms with Gasteiger partial charge >= 0.3 is 0 Å². The maximum Gasteiger partial charge on any atom is 0.185 e. The van der Waals surface area contributed by atoms with Crippen molar-refractivity contribution in [2.45, 2.75) is 19.9 Å². The summed E-state index contributed by atoms with van der Waals surface area (Å²) in [6.45, 7) is 5.18. The minimum atomic E-state index is 0.912. The maximum atomic E-state index is 4.62. The highest BCUT2D eigenvalue weighted by Crippen LogP contribution is 2.25. The van der Waals surface area contributed by atoms with Crippen LogP contribution in [0.3, 0.4) is 0 Å². The average molecular weight is 256 g/mol. The number of thiazole rings is 1. The highest BCUT2D eigenvalue weighted by Gasteiger charge is 2.10. The second-order valence-corrected chi connectivity index (χ2v) is 5.68. The molecule has 4 nitrogen and oxygen atoms in total. The van der Waals surface area contributed by atoms with E-state index in [4.69, 9.17) is 0 Å². The third-order valence-corrected chi connectivity index (χ3v) is 3.92. The fourth-order valence-electron chi connectivity index (χ4n) is 1.62. The van der Waals surface area contributed by atoms with E-state index in [1.165, 1.54) is 11.3 Å². The summed E-state index contributed by atoms with van der Waals surface area (Å²) in [7, 11) is 8.31. The zero-order valence-electron chi connectivity index (χ0n) is 11.6. The van der Waals surface area contributed by atoms with Crippen LogP contribution in [0.2, 0.25) is 0 Å². The predicted molar refractivity (Wildman–Crippen MR) is 76.1 cm³/mol. The van der Waals surface area contributed by atoms with E-state index in [0.29, 0.717) is 0 Å². The van der Waals surface area contributed by atoms with Crippen molar-refractivity contribution in [3.05, 3.63) is 10.6 Å². The lowest BCUT2D eigenvalue weighted by Gasteiger charge is -2.17. The number of hydrogen-bond acceptors (Lipinski definition) is 5. The minimum absolute atomic E-state index is 0.912. The zero-order valence-corrected chi connectivity index (χ0v) is 12.4. The van der Waals surface area contributed by atoms with Crippen LogP contribution in [0.4, 0.5) is 5.13 Å². The van der Waals surface area contributed by atoms with Crippen molar-refractivity contribution < 1.29 is 0 Å². The highest BCUT2D eigenvalue weighted by atomic mass is 32.1. The summed E-state index contributed by atoms with van der Waals surface area (Å²) in [5.74, 6) is 0. The molecular formula is C12H24N4S. The summed E-state index contributed by atoms with van der Waals surface area (Å²) in [5, 5.41) is 4.31. The van der Waals surface area contributed by atoms with Gasteiger partial charge in [-0.15, -0.1) is 11.3 Å². The van der Waals surface area contributed by atoms with E-state index in [1.54, 1.807) is 11.3 Å². The lowest BCUT2D eigenvalue weighted by molar-refractivity contribution is 0.401. The Balaban J connectivity index is 2.50. The van der Waals surface area contributed by atoms with Gasteiger partial charge in [-0.25, -0.2) is 4.98 Å². The Morgan fingerprint density at radius 2 is 1.94 bits per heavy atom.